The van der Waals surface area contributed by atoms with Crippen LogP contribution in [0.3, 0.4) is 0 Å². The van der Waals surface area contributed by atoms with Gasteiger partial charge in [-0.2, -0.15) is 0 Å². The van der Waals surface area contributed by atoms with Gasteiger partial charge in [0.1, 0.15) is 10.0 Å². The molecule has 4 nitrogen and oxygen atoms in total. The van der Waals surface area contributed by atoms with E-state index in [1.54, 1.807) is 13.0 Å². The Kier molecular flexibility index (Phi) is 4.65. The highest BCUT2D eigenvalue weighted by atomic mass is 32.2. The summed E-state index contributed by atoms with van der Waals surface area (Å²) in [6.07, 6.45) is 0. The summed E-state index contributed by atoms with van der Waals surface area (Å²) in [6, 6.07) is 5.61. The molecule has 0 aliphatic heterocycles. The van der Waals surface area contributed by atoms with Crippen LogP contribution in [0.1, 0.15) is 16.0 Å². The summed E-state index contributed by atoms with van der Waals surface area (Å²) in [6.45, 7) is 4.17. The van der Waals surface area contributed by atoms with Crippen molar-refractivity contribution in [3.8, 4) is 0 Å². The third-order valence-corrected chi connectivity index (χ3v) is 6.11. The smallest absolute Gasteiger partial charge is 0.271 e. The number of benzene rings is 1. The van der Waals surface area contributed by atoms with E-state index in [4.69, 9.17) is 0 Å². The minimum Gasteiger partial charge on any atom is -0.315 e. The van der Waals surface area contributed by atoms with Gasteiger partial charge in [0.2, 0.25) is 0 Å². The maximum absolute atomic E-state index is 13.1. The van der Waals surface area contributed by atoms with Crippen molar-refractivity contribution in [3.05, 3.63) is 46.1 Å². The van der Waals surface area contributed by atoms with Crippen LogP contribution in [0.2, 0.25) is 0 Å². The topological polar surface area (TPSA) is 58.2 Å². The second-order valence-corrected chi connectivity index (χ2v) is 7.81. The third kappa shape index (κ3) is 3.61. The predicted octanol–water partition coefficient (Wildman–Crippen LogP) is 3.02. The molecule has 0 bridgehead atoms. The molecule has 0 saturated carbocycles. The molecule has 0 saturated heterocycles. The fraction of sp³-hybridized carbons (Fsp3) is 0.286. The lowest BCUT2D eigenvalue weighted by molar-refractivity contribution is 0.602. The summed E-state index contributed by atoms with van der Waals surface area (Å²) in [7, 11) is -1.84. The quantitative estimate of drug-likeness (QED) is 0.887. The molecule has 1 aromatic carbocycles. The lowest BCUT2D eigenvalue weighted by Crippen LogP contribution is -2.12. The van der Waals surface area contributed by atoms with E-state index in [0.29, 0.717) is 17.8 Å². The molecule has 0 atom stereocenters. The summed E-state index contributed by atoms with van der Waals surface area (Å²) in [4.78, 5) is 0.980. The molecule has 0 aliphatic rings. The molecule has 0 amide bonds. The van der Waals surface area contributed by atoms with Crippen LogP contribution in [-0.2, 0) is 16.6 Å². The normalized spacial score (nSPS) is 11.6. The van der Waals surface area contributed by atoms with Crippen molar-refractivity contribution in [3.63, 3.8) is 0 Å². The van der Waals surface area contributed by atoms with E-state index in [-0.39, 0.29) is 4.21 Å². The van der Waals surface area contributed by atoms with Gasteiger partial charge in [0.15, 0.2) is 0 Å². The average molecular weight is 328 g/mol. The first kappa shape index (κ1) is 15.9. The van der Waals surface area contributed by atoms with E-state index in [1.165, 1.54) is 29.5 Å². The van der Waals surface area contributed by atoms with Crippen LogP contribution in [0.4, 0.5) is 10.1 Å². The maximum atomic E-state index is 13.1. The Hall–Kier alpha value is -1.44. The van der Waals surface area contributed by atoms with Gasteiger partial charge in [-0.15, -0.1) is 11.3 Å². The van der Waals surface area contributed by atoms with Crippen LogP contribution in [0.25, 0.3) is 0 Å². The Bertz CT molecular complexity index is 754. The number of sulfonamides is 1. The first-order chi connectivity index (χ1) is 9.83. The van der Waals surface area contributed by atoms with Crippen LogP contribution in [0.15, 0.2) is 28.5 Å². The zero-order chi connectivity index (χ0) is 15.6. The van der Waals surface area contributed by atoms with Crippen LogP contribution in [0.5, 0.6) is 0 Å². The van der Waals surface area contributed by atoms with Gasteiger partial charge >= 0.3 is 0 Å². The van der Waals surface area contributed by atoms with Crippen molar-refractivity contribution in [1.29, 1.82) is 0 Å². The average Bonchev–Trinajstić information content (AvgIpc) is 2.76. The molecule has 114 valence electrons. The third-order valence-electron chi connectivity index (χ3n) is 3.03. The van der Waals surface area contributed by atoms with Crippen molar-refractivity contribution < 1.29 is 12.8 Å². The first-order valence-corrected chi connectivity index (χ1v) is 8.66. The van der Waals surface area contributed by atoms with Crippen LogP contribution >= 0.6 is 11.3 Å². The van der Waals surface area contributed by atoms with Crippen LogP contribution in [0, 0.1) is 19.7 Å². The summed E-state index contributed by atoms with van der Waals surface area (Å²) >= 11 is 1.23. The molecule has 0 aliphatic carbocycles. The van der Waals surface area contributed by atoms with Gasteiger partial charge in [0.05, 0.1) is 5.69 Å². The maximum Gasteiger partial charge on any atom is 0.271 e. The Balaban J connectivity index is 2.32. The molecular formula is C14H17FN2O2S2. The fourth-order valence-electron chi connectivity index (χ4n) is 1.89. The molecule has 2 N–H and O–H groups in total. The number of rotatable bonds is 5. The number of hydrogen-bond donors (Lipinski definition) is 2. The number of hydrogen-bond acceptors (Lipinski definition) is 4. The van der Waals surface area contributed by atoms with E-state index < -0.39 is 15.8 Å². The Morgan fingerprint density at radius 3 is 2.52 bits per heavy atom. The molecule has 0 fully saturated rings. The number of aryl methyl sites for hydroxylation is 2. The number of anilines is 1. The first-order valence-electron chi connectivity index (χ1n) is 6.36. The zero-order valence-corrected chi connectivity index (χ0v) is 13.7. The van der Waals surface area contributed by atoms with E-state index in [2.05, 4.69) is 10.0 Å². The molecule has 2 rings (SSSR count). The molecule has 21 heavy (non-hydrogen) atoms. The molecule has 0 unspecified atom stereocenters. The number of nitrogens with one attached hydrogen (secondary N) is 2. The molecule has 1 aromatic heterocycles. The highest BCUT2D eigenvalue weighted by Crippen LogP contribution is 2.28. The van der Waals surface area contributed by atoms with E-state index >= 15 is 0 Å². The van der Waals surface area contributed by atoms with Crippen molar-refractivity contribution >= 4 is 27.0 Å². The summed E-state index contributed by atoms with van der Waals surface area (Å²) in [5.41, 5.74) is 1.87. The summed E-state index contributed by atoms with van der Waals surface area (Å²) in [5.74, 6) is -0.390. The minimum atomic E-state index is -3.65. The Labute approximate surface area is 128 Å². The number of thiophene rings is 1. The Morgan fingerprint density at radius 2 is 1.90 bits per heavy atom. The van der Waals surface area contributed by atoms with E-state index in [0.717, 1.165) is 10.4 Å². The second kappa shape index (κ2) is 6.13. The van der Waals surface area contributed by atoms with Gasteiger partial charge in [0.25, 0.3) is 10.0 Å². The fourth-order valence-corrected chi connectivity index (χ4v) is 4.63. The van der Waals surface area contributed by atoms with Crippen molar-refractivity contribution in [1.82, 2.24) is 5.32 Å². The second-order valence-electron chi connectivity index (χ2n) is 4.77. The van der Waals surface area contributed by atoms with Gasteiger partial charge in [-0.1, -0.05) is 0 Å². The lowest BCUT2D eigenvalue weighted by atomic mass is 10.2. The highest BCUT2D eigenvalue weighted by Gasteiger charge is 2.19. The largest absolute Gasteiger partial charge is 0.315 e. The summed E-state index contributed by atoms with van der Waals surface area (Å²) in [5, 5.41) is 3.01. The van der Waals surface area contributed by atoms with E-state index in [1.807, 2.05) is 14.0 Å². The Morgan fingerprint density at radius 1 is 1.19 bits per heavy atom. The SMILES string of the molecule is CNCc1sc(S(=O)(=O)Nc2ccc(F)cc2C)cc1C. The van der Waals surface area contributed by atoms with Gasteiger partial charge in [-0.3, -0.25) is 4.72 Å². The van der Waals surface area contributed by atoms with Crippen LogP contribution in [-0.4, -0.2) is 15.5 Å². The van der Waals surface area contributed by atoms with Crippen molar-refractivity contribution in [2.24, 2.45) is 0 Å². The lowest BCUT2D eigenvalue weighted by Gasteiger charge is -2.09. The van der Waals surface area contributed by atoms with Crippen molar-refractivity contribution in [2.45, 2.75) is 24.6 Å². The molecule has 7 heteroatoms. The van der Waals surface area contributed by atoms with E-state index in [9.17, 15) is 12.8 Å². The molecule has 1 heterocycles. The van der Waals surface area contributed by atoms with Gasteiger partial charge < -0.3 is 5.32 Å². The monoisotopic (exact) mass is 328 g/mol. The molecule has 2 aromatic rings. The summed E-state index contributed by atoms with van der Waals surface area (Å²) < 4.78 is 40.6. The van der Waals surface area contributed by atoms with Gasteiger partial charge in [-0.05, 0) is 56.3 Å². The minimum absolute atomic E-state index is 0.258. The standard InChI is InChI=1S/C14H17FN2O2S2/c1-9-6-11(15)4-5-12(9)17-21(18,19)14-7-10(2)13(20-14)8-16-3/h4-7,16-17H,8H2,1-3H3. The predicted molar refractivity (Wildman–Crippen MR) is 83.8 cm³/mol. The number of halogens is 1. The molecular weight excluding hydrogens is 311 g/mol. The van der Waals surface area contributed by atoms with Crippen molar-refractivity contribution in [2.75, 3.05) is 11.8 Å². The zero-order valence-electron chi connectivity index (χ0n) is 12.0. The molecule has 0 spiro atoms. The van der Waals surface area contributed by atoms with Crippen LogP contribution < -0.4 is 10.0 Å². The van der Waals surface area contributed by atoms with Gasteiger partial charge in [-0.25, -0.2) is 12.8 Å². The highest BCUT2D eigenvalue weighted by molar-refractivity contribution is 7.94. The van der Waals surface area contributed by atoms with Gasteiger partial charge in [0, 0.05) is 11.4 Å². The molecule has 0 radical (unpaired) electrons.